The van der Waals surface area contributed by atoms with E-state index in [1.165, 1.54) is 6.07 Å². The van der Waals surface area contributed by atoms with Crippen molar-refractivity contribution in [2.45, 2.75) is 26.4 Å². The maximum Gasteiger partial charge on any atom is 0.166 e. The average Bonchev–Trinajstić information content (AvgIpc) is 2.23. The van der Waals surface area contributed by atoms with Crippen LogP contribution >= 0.6 is 15.9 Å². The summed E-state index contributed by atoms with van der Waals surface area (Å²) < 4.78 is 19.6. The smallest absolute Gasteiger partial charge is 0.166 e. The molecule has 1 unspecified atom stereocenters. The molecule has 0 heterocycles. The van der Waals surface area contributed by atoms with E-state index in [-0.39, 0.29) is 11.9 Å². The lowest BCUT2D eigenvalue weighted by Crippen LogP contribution is -2.29. The number of ether oxygens (including phenoxy) is 1. The Bertz CT molecular complexity index is 333. The lowest BCUT2D eigenvalue weighted by molar-refractivity contribution is 0.208. The molecular weight excluding hydrogens is 273 g/mol. The summed E-state index contributed by atoms with van der Waals surface area (Å²) in [6.07, 6.45) is 1.04. The molecule has 2 nitrogen and oxygen atoms in total. The van der Waals surface area contributed by atoms with Gasteiger partial charge in [-0.2, -0.15) is 0 Å². The summed E-state index contributed by atoms with van der Waals surface area (Å²) in [5, 5.41) is 3.23. The van der Waals surface area contributed by atoms with Crippen LogP contribution in [0.1, 0.15) is 20.3 Å². The first-order valence-electron chi connectivity index (χ1n) is 5.46. The molecule has 0 bridgehead atoms. The molecule has 1 aromatic carbocycles. The Kier molecular flexibility index (Phi) is 5.77. The molecule has 0 spiro atoms. The predicted molar refractivity (Wildman–Crippen MR) is 67.4 cm³/mol. The van der Waals surface area contributed by atoms with Crippen LogP contribution in [-0.2, 0) is 0 Å². The minimum Gasteiger partial charge on any atom is -0.486 e. The average molecular weight is 290 g/mol. The molecule has 0 aliphatic heterocycles. The summed E-state index contributed by atoms with van der Waals surface area (Å²) in [5.74, 6) is -0.0364. The van der Waals surface area contributed by atoms with E-state index in [2.05, 4.69) is 28.2 Å². The first-order valence-corrected chi connectivity index (χ1v) is 6.25. The summed E-state index contributed by atoms with van der Waals surface area (Å²) >= 11 is 3.21. The minimum atomic E-state index is -0.336. The Morgan fingerprint density at radius 2 is 2.25 bits per heavy atom. The summed E-state index contributed by atoms with van der Waals surface area (Å²) in [6.45, 7) is 5.71. The van der Waals surface area contributed by atoms with Crippen molar-refractivity contribution in [3.05, 3.63) is 28.5 Å². The highest BCUT2D eigenvalue weighted by molar-refractivity contribution is 9.10. The highest BCUT2D eigenvalue weighted by atomic mass is 79.9. The van der Waals surface area contributed by atoms with Gasteiger partial charge < -0.3 is 10.1 Å². The second kappa shape index (κ2) is 6.86. The molecule has 0 aliphatic carbocycles. The van der Waals surface area contributed by atoms with E-state index in [0.717, 1.165) is 19.5 Å². The standard InChI is InChI=1S/C12H17BrFNO/c1-3-6-15-8-9(2)16-12-5-4-10(13)7-11(12)14/h4-5,7,9,15H,3,6,8H2,1-2H3. The third kappa shape index (κ3) is 4.49. The highest BCUT2D eigenvalue weighted by Gasteiger charge is 2.08. The van der Waals surface area contributed by atoms with E-state index >= 15 is 0 Å². The quantitative estimate of drug-likeness (QED) is 0.811. The van der Waals surface area contributed by atoms with Crippen molar-refractivity contribution in [1.29, 1.82) is 0 Å². The van der Waals surface area contributed by atoms with Crippen molar-refractivity contribution in [3.8, 4) is 5.75 Å². The Morgan fingerprint density at radius 3 is 2.88 bits per heavy atom. The summed E-state index contributed by atoms with van der Waals surface area (Å²) in [4.78, 5) is 0. The number of nitrogens with one attached hydrogen (secondary N) is 1. The van der Waals surface area contributed by atoms with Crippen LogP contribution in [0.5, 0.6) is 5.75 Å². The van der Waals surface area contributed by atoms with Gasteiger partial charge in [-0.25, -0.2) is 4.39 Å². The molecule has 1 N–H and O–H groups in total. The fourth-order valence-electron chi connectivity index (χ4n) is 1.31. The minimum absolute atomic E-state index is 0.0396. The predicted octanol–water partition coefficient (Wildman–Crippen LogP) is 3.36. The van der Waals surface area contributed by atoms with Crippen molar-refractivity contribution in [2.24, 2.45) is 0 Å². The van der Waals surface area contributed by atoms with Crippen molar-refractivity contribution >= 4 is 15.9 Å². The molecule has 0 saturated carbocycles. The third-order valence-electron chi connectivity index (χ3n) is 2.08. The number of rotatable bonds is 6. The first-order chi connectivity index (χ1) is 7.63. The second-order valence-corrected chi connectivity index (χ2v) is 4.62. The topological polar surface area (TPSA) is 21.3 Å². The van der Waals surface area contributed by atoms with Crippen LogP contribution in [0.3, 0.4) is 0 Å². The van der Waals surface area contributed by atoms with Crippen LogP contribution in [0.25, 0.3) is 0 Å². The third-order valence-corrected chi connectivity index (χ3v) is 2.57. The second-order valence-electron chi connectivity index (χ2n) is 3.71. The van der Waals surface area contributed by atoms with Crippen LogP contribution in [0, 0.1) is 5.82 Å². The molecule has 4 heteroatoms. The molecule has 16 heavy (non-hydrogen) atoms. The van der Waals surface area contributed by atoms with Gasteiger partial charge in [0, 0.05) is 11.0 Å². The van der Waals surface area contributed by atoms with Crippen LogP contribution in [0.2, 0.25) is 0 Å². The SMILES string of the molecule is CCCNCC(C)Oc1ccc(Br)cc1F. The molecule has 0 radical (unpaired) electrons. The number of halogens is 2. The van der Waals surface area contributed by atoms with Gasteiger partial charge in [-0.15, -0.1) is 0 Å². The largest absolute Gasteiger partial charge is 0.486 e. The van der Waals surface area contributed by atoms with E-state index in [1.807, 2.05) is 6.92 Å². The van der Waals surface area contributed by atoms with Gasteiger partial charge in [-0.3, -0.25) is 0 Å². The van der Waals surface area contributed by atoms with Crippen LogP contribution < -0.4 is 10.1 Å². The van der Waals surface area contributed by atoms with E-state index < -0.39 is 0 Å². The molecule has 1 rings (SSSR count). The van der Waals surface area contributed by atoms with Gasteiger partial charge in [0.05, 0.1) is 0 Å². The van der Waals surface area contributed by atoms with Crippen LogP contribution in [0.4, 0.5) is 4.39 Å². The maximum atomic E-state index is 13.4. The van der Waals surface area contributed by atoms with Crippen LogP contribution in [0.15, 0.2) is 22.7 Å². The van der Waals surface area contributed by atoms with Crippen molar-refractivity contribution in [1.82, 2.24) is 5.32 Å². The van der Waals surface area contributed by atoms with E-state index in [9.17, 15) is 4.39 Å². The molecule has 0 saturated heterocycles. The Hall–Kier alpha value is -0.610. The Morgan fingerprint density at radius 1 is 1.50 bits per heavy atom. The highest BCUT2D eigenvalue weighted by Crippen LogP contribution is 2.22. The van der Waals surface area contributed by atoms with E-state index in [0.29, 0.717) is 10.2 Å². The summed E-state index contributed by atoms with van der Waals surface area (Å²) in [7, 11) is 0. The Labute approximate surface area is 104 Å². The maximum absolute atomic E-state index is 13.4. The van der Waals surface area contributed by atoms with Crippen LogP contribution in [-0.4, -0.2) is 19.2 Å². The monoisotopic (exact) mass is 289 g/mol. The summed E-state index contributed by atoms with van der Waals surface area (Å²) in [6, 6.07) is 4.81. The van der Waals surface area contributed by atoms with Gasteiger partial charge >= 0.3 is 0 Å². The zero-order valence-electron chi connectivity index (χ0n) is 9.59. The van der Waals surface area contributed by atoms with Gasteiger partial charge in [0.15, 0.2) is 11.6 Å². The summed E-state index contributed by atoms with van der Waals surface area (Å²) in [5.41, 5.74) is 0. The van der Waals surface area contributed by atoms with E-state index in [1.54, 1.807) is 12.1 Å². The fourth-order valence-corrected chi connectivity index (χ4v) is 1.64. The molecule has 0 aromatic heterocycles. The number of hydrogen-bond donors (Lipinski definition) is 1. The molecular formula is C12H17BrFNO. The van der Waals surface area contributed by atoms with E-state index in [4.69, 9.17) is 4.74 Å². The Balaban J connectivity index is 2.46. The molecule has 1 atom stereocenters. The molecule has 1 aromatic rings. The normalized spacial score (nSPS) is 12.5. The lowest BCUT2D eigenvalue weighted by Gasteiger charge is -2.15. The molecule has 0 amide bonds. The molecule has 90 valence electrons. The molecule has 0 aliphatic rings. The number of hydrogen-bond acceptors (Lipinski definition) is 2. The van der Waals surface area contributed by atoms with Crippen molar-refractivity contribution < 1.29 is 9.13 Å². The van der Waals surface area contributed by atoms with Gasteiger partial charge in [-0.05, 0) is 38.1 Å². The zero-order chi connectivity index (χ0) is 12.0. The van der Waals surface area contributed by atoms with Crippen molar-refractivity contribution in [3.63, 3.8) is 0 Å². The molecule has 0 fully saturated rings. The van der Waals surface area contributed by atoms with Gasteiger partial charge in [0.1, 0.15) is 6.10 Å². The van der Waals surface area contributed by atoms with Gasteiger partial charge in [0.25, 0.3) is 0 Å². The first kappa shape index (κ1) is 13.5. The van der Waals surface area contributed by atoms with Gasteiger partial charge in [0.2, 0.25) is 0 Å². The van der Waals surface area contributed by atoms with Gasteiger partial charge in [-0.1, -0.05) is 22.9 Å². The number of benzene rings is 1. The lowest BCUT2D eigenvalue weighted by atomic mass is 10.3. The zero-order valence-corrected chi connectivity index (χ0v) is 11.2. The van der Waals surface area contributed by atoms with Crippen molar-refractivity contribution in [2.75, 3.05) is 13.1 Å². The fraction of sp³-hybridized carbons (Fsp3) is 0.500.